The normalized spacial score (nSPS) is 17.4. The van der Waals surface area contributed by atoms with E-state index in [1.165, 1.54) is 14.2 Å². The van der Waals surface area contributed by atoms with Gasteiger partial charge in [-0.3, -0.25) is 0 Å². The molecule has 0 heterocycles. The minimum Gasteiger partial charge on any atom is -0.504 e. The van der Waals surface area contributed by atoms with Crippen LogP contribution in [0.25, 0.3) is 0 Å². The van der Waals surface area contributed by atoms with Crippen LogP contribution >= 0.6 is 0 Å². The first kappa shape index (κ1) is 12.0. The maximum atomic E-state index is 13.9. The van der Waals surface area contributed by atoms with Crippen LogP contribution in [0.1, 0.15) is 24.8 Å². The first-order valence-electron chi connectivity index (χ1n) is 5.46. The van der Waals surface area contributed by atoms with Crippen molar-refractivity contribution in [3.8, 4) is 17.2 Å². The predicted molar refractivity (Wildman–Crippen MR) is 60.9 cm³/mol. The van der Waals surface area contributed by atoms with E-state index in [2.05, 4.69) is 0 Å². The average molecular weight is 241 g/mol. The molecule has 1 saturated carbocycles. The summed E-state index contributed by atoms with van der Waals surface area (Å²) in [6.07, 6.45) is 2.44. The van der Waals surface area contributed by atoms with Gasteiger partial charge < -0.3 is 20.3 Å². The molecule has 0 saturated heterocycles. The van der Waals surface area contributed by atoms with Gasteiger partial charge in [0.05, 0.1) is 14.2 Å². The third kappa shape index (κ3) is 1.70. The second-order valence-electron chi connectivity index (χ2n) is 4.33. The lowest BCUT2D eigenvalue weighted by molar-refractivity contribution is 0.238. The molecule has 1 aromatic carbocycles. The van der Waals surface area contributed by atoms with Crippen molar-refractivity contribution in [3.05, 3.63) is 17.4 Å². The molecule has 4 nitrogen and oxygen atoms in total. The van der Waals surface area contributed by atoms with E-state index in [-0.39, 0.29) is 11.5 Å². The van der Waals surface area contributed by atoms with Crippen LogP contribution < -0.4 is 15.2 Å². The fraction of sp³-hybridized carbons (Fsp3) is 0.500. The monoisotopic (exact) mass is 241 g/mol. The van der Waals surface area contributed by atoms with Crippen molar-refractivity contribution in [2.45, 2.75) is 24.8 Å². The van der Waals surface area contributed by atoms with Crippen LogP contribution in [0, 0.1) is 5.82 Å². The zero-order chi connectivity index (χ0) is 12.6. The van der Waals surface area contributed by atoms with Crippen LogP contribution in [0.2, 0.25) is 0 Å². The molecule has 0 aliphatic heterocycles. The summed E-state index contributed by atoms with van der Waals surface area (Å²) in [6, 6.07) is 1.55. The number of ether oxygens (including phenoxy) is 2. The molecule has 0 unspecified atom stereocenters. The average Bonchev–Trinajstić information content (AvgIpc) is 2.29. The van der Waals surface area contributed by atoms with E-state index < -0.39 is 17.1 Å². The van der Waals surface area contributed by atoms with Gasteiger partial charge in [0.1, 0.15) is 0 Å². The number of aromatic hydroxyl groups is 1. The number of rotatable bonds is 3. The van der Waals surface area contributed by atoms with E-state index >= 15 is 0 Å². The van der Waals surface area contributed by atoms with Gasteiger partial charge in [-0.15, -0.1) is 0 Å². The lowest BCUT2D eigenvalue weighted by atomic mass is 9.72. The van der Waals surface area contributed by atoms with Crippen LogP contribution in [0.5, 0.6) is 17.2 Å². The van der Waals surface area contributed by atoms with Crippen molar-refractivity contribution in [2.24, 2.45) is 5.73 Å². The molecular weight excluding hydrogens is 225 g/mol. The molecule has 94 valence electrons. The number of methoxy groups -OCH3 is 2. The lowest BCUT2D eigenvalue weighted by Gasteiger charge is -2.39. The summed E-state index contributed by atoms with van der Waals surface area (Å²) in [4.78, 5) is 0. The minimum atomic E-state index is -0.821. The number of halogens is 1. The maximum Gasteiger partial charge on any atom is 0.210 e. The molecule has 0 radical (unpaired) electrons. The smallest absolute Gasteiger partial charge is 0.210 e. The van der Waals surface area contributed by atoms with E-state index in [4.69, 9.17) is 15.2 Å². The van der Waals surface area contributed by atoms with Gasteiger partial charge in [-0.1, -0.05) is 0 Å². The molecule has 1 fully saturated rings. The summed E-state index contributed by atoms with van der Waals surface area (Å²) < 4.78 is 23.8. The van der Waals surface area contributed by atoms with Crippen LogP contribution in [-0.2, 0) is 5.54 Å². The fourth-order valence-corrected chi connectivity index (χ4v) is 2.15. The Labute approximate surface area is 99.1 Å². The van der Waals surface area contributed by atoms with Gasteiger partial charge in [-0.25, -0.2) is 0 Å². The Bertz CT molecular complexity index is 444. The van der Waals surface area contributed by atoms with Crippen molar-refractivity contribution in [3.63, 3.8) is 0 Å². The second-order valence-corrected chi connectivity index (χ2v) is 4.33. The molecule has 1 aromatic rings. The van der Waals surface area contributed by atoms with Crippen LogP contribution in [0.3, 0.4) is 0 Å². The number of phenols is 1. The summed E-state index contributed by atoms with van der Waals surface area (Å²) in [7, 11) is 2.74. The molecule has 1 aliphatic rings. The maximum absolute atomic E-state index is 13.9. The number of benzene rings is 1. The number of phenolic OH excluding ortho intramolecular Hbond substituents is 1. The molecule has 0 atom stereocenters. The third-order valence-corrected chi connectivity index (χ3v) is 3.37. The van der Waals surface area contributed by atoms with Gasteiger partial charge >= 0.3 is 0 Å². The molecule has 3 N–H and O–H groups in total. The third-order valence-electron chi connectivity index (χ3n) is 3.37. The Hall–Kier alpha value is -1.49. The highest BCUT2D eigenvalue weighted by atomic mass is 19.1. The van der Waals surface area contributed by atoms with Gasteiger partial charge in [0.2, 0.25) is 11.6 Å². The van der Waals surface area contributed by atoms with Crippen molar-refractivity contribution >= 4 is 0 Å². The Morgan fingerprint density at radius 3 is 2.41 bits per heavy atom. The Morgan fingerprint density at radius 2 is 2.00 bits per heavy atom. The molecule has 1 aliphatic carbocycles. The quantitative estimate of drug-likeness (QED) is 0.848. The van der Waals surface area contributed by atoms with Crippen LogP contribution in [0.4, 0.5) is 4.39 Å². The molecule has 0 spiro atoms. The van der Waals surface area contributed by atoms with Crippen LogP contribution in [0.15, 0.2) is 6.07 Å². The van der Waals surface area contributed by atoms with Crippen molar-refractivity contribution in [1.29, 1.82) is 0 Å². The first-order valence-corrected chi connectivity index (χ1v) is 5.46. The van der Waals surface area contributed by atoms with Crippen molar-refractivity contribution in [1.82, 2.24) is 0 Å². The number of nitrogens with two attached hydrogens (primary N) is 1. The molecule has 17 heavy (non-hydrogen) atoms. The molecule has 0 bridgehead atoms. The summed E-state index contributed by atoms with van der Waals surface area (Å²) in [5.41, 5.74) is 5.83. The second kappa shape index (κ2) is 4.07. The summed E-state index contributed by atoms with van der Waals surface area (Å²) in [5.74, 6) is -1.12. The topological polar surface area (TPSA) is 64.7 Å². The van der Waals surface area contributed by atoms with Gasteiger partial charge in [-0.05, 0) is 25.3 Å². The van der Waals surface area contributed by atoms with Crippen LogP contribution in [-0.4, -0.2) is 19.3 Å². The Kier molecular flexibility index (Phi) is 2.87. The molecular formula is C12H16FNO3. The largest absolute Gasteiger partial charge is 0.504 e. The highest BCUT2D eigenvalue weighted by Gasteiger charge is 2.38. The molecule has 2 rings (SSSR count). The number of hydrogen-bond acceptors (Lipinski definition) is 4. The van der Waals surface area contributed by atoms with Gasteiger partial charge in [-0.2, -0.15) is 4.39 Å². The minimum absolute atomic E-state index is 0.100. The van der Waals surface area contributed by atoms with Crippen molar-refractivity contribution in [2.75, 3.05) is 14.2 Å². The zero-order valence-corrected chi connectivity index (χ0v) is 9.92. The standard InChI is InChI=1S/C12H16FNO3/c1-16-8-6-7(12(14)4-3-5-12)10(15)9(13)11(8)17-2/h6,15H,3-5,14H2,1-2H3. The number of hydrogen-bond donors (Lipinski definition) is 2. The van der Waals surface area contributed by atoms with E-state index in [0.29, 0.717) is 5.56 Å². The van der Waals surface area contributed by atoms with Gasteiger partial charge in [0.15, 0.2) is 11.5 Å². The molecule has 5 heteroatoms. The van der Waals surface area contributed by atoms with E-state index in [9.17, 15) is 9.50 Å². The van der Waals surface area contributed by atoms with Gasteiger partial charge in [0, 0.05) is 11.1 Å². The Morgan fingerprint density at radius 1 is 1.35 bits per heavy atom. The van der Waals surface area contributed by atoms with Gasteiger partial charge in [0.25, 0.3) is 0 Å². The first-order chi connectivity index (χ1) is 8.03. The van der Waals surface area contributed by atoms with E-state index in [1.807, 2.05) is 0 Å². The van der Waals surface area contributed by atoms with E-state index in [1.54, 1.807) is 6.07 Å². The summed E-state index contributed by atoms with van der Waals surface area (Å²) in [6.45, 7) is 0. The fourth-order valence-electron chi connectivity index (χ4n) is 2.15. The SMILES string of the molecule is COc1cc(C2(N)CCC2)c(O)c(F)c1OC. The highest BCUT2D eigenvalue weighted by molar-refractivity contribution is 5.54. The zero-order valence-electron chi connectivity index (χ0n) is 9.92. The Balaban J connectivity index is 2.58. The summed E-state index contributed by atoms with van der Waals surface area (Å²) in [5, 5.41) is 9.84. The molecule has 0 amide bonds. The predicted octanol–water partition coefficient (Wildman–Crippen LogP) is 1.89. The van der Waals surface area contributed by atoms with Crippen molar-refractivity contribution < 1.29 is 19.0 Å². The summed E-state index contributed by atoms with van der Waals surface area (Å²) >= 11 is 0. The lowest BCUT2D eigenvalue weighted by Crippen LogP contribution is -2.43. The highest BCUT2D eigenvalue weighted by Crippen LogP contribution is 2.47. The molecule has 0 aromatic heterocycles. The van der Waals surface area contributed by atoms with E-state index in [0.717, 1.165) is 19.3 Å².